The number of amides is 2. The fourth-order valence-corrected chi connectivity index (χ4v) is 3.50. The van der Waals surface area contributed by atoms with Gasteiger partial charge in [0, 0.05) is 37.5 Å². The topological polar surface area (TPSA) is 110 Å². The molecule has 1 N–H and O–H groups in total. The molecule has 1 saturated heterocycles. The Morgan fingerprint density at radius 3 is 2.66 bits per heavy atom. The van der Waals surface area contributed by atoms with Gasteiger partial charge in [0.25, 0.3) is 11.5 Å². The number of hydrogen-bond acceptors (Lipinski definition) is 6. The molecule has 0 aromatic carbocycles. The van der Waals surface area contributed by atoms with Crippen LogP contribution in [0.15, 0.2) is 39.9 Å². The SMILES string of the molecule is Cc1ccc2ncc(C(=O)N3CCC(C(=O)Nc4cc(C)on4)CC3)c(=O)n2c1. The van der Waals surface area contributed by atoms with Gasteiger partial charge in [-0.15, -0.1) is 0 Å². The molecule has 4 rings (SSSR count). The maximum Gasteiger partial charge on any atom is 0.270 e. The van der Waals surface area contributed by atoms with Crippen LogP contribution in [0.3, 0.4) is 0 Å². The fourth-order valence-electron chi connectivity index (χ4n) is 3.50. The molecule has 0 bridgehead atoms. The molecule has 3 aromatic heterocycles. The van der Waals surface area contributed by atoms with E-state index in [-0.39, 0.29) is 28.9 Å². The van der Waals surface area contributed by atoms with Crippen molar-refractivity contribution in [3.05, 3.63) is 57.8 Å². The number of piperidine rings is 1. The summed E-state index contributed by atoms with van der Waals surface area (Å²) in [5.74, 6) is 0.273. The fraction of sp³-hybridized carbons (Fsp3) is 0.350. The Hall–Kier alpha value is -3.49. The van der Waals surface area contributed by atoms with E-state index >= 15 is 0 Å². The Balaban J connectivity index is 1.44. The van der Waals surface area contributed by atoms with E-state index in [2.05, 4.69) is 15.5 Å². The van der Waals surface area contributed by atoms with Crippen molar-refractivity contribution >= 4 is 23.3 Å². The molecule has 1 aliphatic heterocycles. The molecule has 1 fully saturated rings. The summed E-state index contributed by atoms with van der Waals surface area (Å²) in [6.45, 7) is 4.41. The Labute approximate surface area is 166 Å². The molecule has 0 aliphatic carbocycles. The predicted molar refractivity (Wildman–Crippen MR) is 105 cm³/mol. The molecule has 4 heterocycles. The average molecular weight is 395 g/mol. The van der Waals surface area contributed by atoms with Gasteiger partial charge >= 0.3 is 0 Å². The molecule has 0 spiro atoms. The van der Waals surface area contributed by atoms with Gasteiger partial charge < -0.3 is 14.7 Å². The van der Waals surface area contributed by atoms with Crippen LogP contribution in [0.4, 0.5) is 5.82 Å². The van der Waals surface area contributed by atoms with Crippen molar-refractivity contribution < 1.29 is 14.1 Å². The minimum Gasteiger partial charge on any atom is -0.360 e. The Morgan fingerprint density at radius 1 is 1.21 bits per heavy atom. The van der Waals surface area contributed by atoms with E-state index in [4.69, 9.17) is 4.52 Å². The van der Waals surface area contributed by atoms with Crippen molar-refractivity contribution in [2.75, 3.05) is 18.4 Å². The van der Waals surface area contributed by atoms with Gasteiger partial charge in [-0.25, -0.2) is 4.98 Å². The van der Waals surface area contributed by atoms with Crippen LogP contribution in [0, 0.1) is 19.8 Å². The summed E-state index contributed by atoms with van der Waals surface area (Å²) in [5, 5.41) is 6.49. The second-order valence-electron chi connectivity index (χ2n) is 7.29. The van der Waals surface area contributed by atoms with Crippen molar-refractivity contribution in [1.29, 1.82) is 0 Å². The normalized spacial score (nSPS) is 14.9. The van der Waals surface area contributed by atoms with Crippen LogP contribution < -0.4 is 10.9 Å². The number of aryl methyl sites for hydroxylation is 2. The quantitative estimate of drug-likeness (QED) is 0.724. The number of aromatic nitrogens is 3. The lowest BCUT2D eigenvalue weighted by atomic mass is 9.95. The summed E-state index contributed by atoms with van der Waals surface area (Å²) in [6, 6.07) is 5.25. The van der Waals surface area contributed by atoms with Crippen LogP contribution in [0.1, 0.15) is 34.5 Å². The molecular formula is C20H21N5O4. The Kier molecular flexibility index (Phi) is 4.87. The lowest BCUT2D eigenvalue weighted by Crippen LogP contribution is -2.43. The average Bonchev–Trinajstić information content (AvgIpc) is 3.13. The second-order valence-corrected chi connectivity index (χ2v) is 7.29. The smallest absolute Gasteiger partial charge is 0.270 e. The molecule has 3 aromatic rings. The van der Waals surface area contributed by atoms with Gasteiger partial charge in [-0.1, -0.05) is 11.2 Å². The minimum absolute atomic E-state index is 0.0362. The van der Waals surface area contributed by atoms with E-state index in [0.29, 0.717) is 43.2 Å². The van der Waals surface area contributed by atoms with Gasteiger partial charge in [0.15, 0.2) is 5.82 Å². The number of fused-ring (bicyclic) bond motifs is 1. The zero-order valence-electron chi connectivity index (χ0n) is 16.2. The highest BCUT2D eigenvalue weighted by atomic mass is 16.5. The third-order valence-corrected chi connectivity index (χ3v) is 5.11. The molecule has 150 valence electrons. The standard InChI is InChI=1S/C20H21N5O4/c1-12-3-4-17-21-10-15(20(28)25(17)11-12)19(27)24-7-5-14(6-8-24)18(26)22-16-9-13(2)29-23-16/h3-4,9-11,14H,5-8H2,1-2H3,(H,22,23,26). The molecular weight excluding hydrogens is 374 g/mol. The first kappa shape index (κ1) is 18.9. The highest BCUT2D eigenvalue weighted by Gasteiger charge is 2.29. The summed E-state index contributed by atoms with van der Waals surface area (Å²) in [6.07, 6.45) is 4.02. The maximum atomic E-state index is 12.9. The summed E-state index contributed by atoms with van der Waals surface area (Å²) >= 11 is 0. The minimum atomic E-state index is -0.384. The molecule has 2 amide bonds. The van der Waals surface area contributed by atoms with Gasteiger partial charge in [0.1, 0.15) is 17.0 Å². The van der Waals surface area contributed by atoms with E-state index in [1.54, 1.807) is 30.2 Å². The number of carbonyl (C=O) groups excluding carboxylic acids is 2. The van der Waals surface area contributed by atoms with E-state index in [1.165, 1.54) is 10.6 Å². The zero-order valence-corrected chi connectivity index (χ0v) is 16.2. The van der Waals surface area contributed by atoms with Crippen LogP contribution in [-0.4, -0.2) is 44.3 Å². The highest BCUT2D eigenvalue weighted by Crippen LogP contribution is 2.20. The van der Waals surface area contributed by atoms with E-state index in [0.717, 1.165) is 5.56 Å². The van der Waals surface area contributed by atoms with Crippen LogP contribution in [-0.2, 0) is 4.79 Å². The first-order valence-corrected chi connectivity index (χ1v) is 9.44. The summed E-state index contributed by atoms with van der Waals surface area (Å²) in [5.41, 5.74) is 1.05. The zero-order chi connectivity index (χ0) is 20.5. The predicted octanol–water partition coefficient (Wildman–Crippen LogP) is 1.79. The Bertz CT molecular complexity index is 1140. The largest absolute Gasteiger partial charge is 0.360 e. The molecule has 29 heavy (non-hydrogen) atoms. The number of pyridine rings is 1. The Morgan fingerprint density at radius 2 is 1.97 bits per heavy atom. The summed E-state index contributed by atoms with van der Waals surface area (Å²) < 4.78 is 6.34. The number of carbonyl (C=O) groups is 2. The number of rotatable bonds is 3. The molecule has 9 heteroatoms. The van der Waals surface area contributed by atoms with E-state index < -0.39 is 0 Å². The monoisotopic (exact) mass is 395 g/mol. The number of hydrogen-bond donors (Lipinski definition) is 1. The van der Waals surface area contributed by atoms with Crippen LogP contribution in [0.2, 0.25) is 0 Å². The summed E-state index contributed by atoms with van der Waals surface area (Å²) in [7, 11) is 0. The van der Waals surface area contributed by atoms with Crippen molar-refractivity contribution in [1.82, 2.24) is 19.4 Å². The third-order valence-electron chi connectivity index (χ3n) is 5.11. The van der Waals surface area contributed by atoms with Crippen molar-refractivity contribution in [2.45, 2.75) is 26.7 Å². The molecule has 0 saturated carbocycles. The van der Waals surface area contributed by atoms with Crippen LogP contribution in [0.5, 0.6) is 0 Å². The maximum absolute atomic E-state index is 12.9. The first-order valence-electron chi connectivity index (χ1n) is 9.44. The molecule has 0 unspecified atom stereocenters. The van der Waals surface area contributed by atoms with Gasteiger partial charge in [-0.2, -0.15) is 0 Å². The van der Waals surface area contributed by atoms with Crippen molar-refractivity contribution in [3.8, 4) is 0 Å². The van der Waals surface area contributed by atoms with Gasteiger partial charge in [0.05, 0.1) is 0 Å². The highest BCUT2D eigenvalue weighted by molar-refractivity contribution is 5.94. The molecule has 1 aliphatic rings. The van der Waals surface area contributed by atoms with E-state index in [1.807, 2.05) is 13.0 Å². The molecule has 0 atom stereocenters. The number of nitrogens with one attached hydrogen (secondary N) is 1. The van der Waals surface area contributed by atoms with Gasteiger partial charge in [-0.05, 0) is 38.3 Å². The van der Waals surface area contributed by atoms with Crippen LogP contribution >= 0.6 is 0 Å². The second kappa shape index (κ2) is 7.50. The van der Waals surface area contributed by atoms with Crippen molar-refractivity contribution in [3.63, 3.8) is 0 Å². The lowest BCUT2D eigenvalue weighted by molar-refractivity contribution is -0.121. The first-order chi connectivity index (χ1) is 13.9. The van der Waals surface area contributed by atoms with Crippen LogP contribution in [0.25, 0.3) is 5.65 Å². The molecule has 0 radical (unpaired) electrons. The van der Waals surface area contributed by atoms with Gasteiger partial charge in [0.2, 0.25) is 5.91 Å². The van der Waals surface area contributed by atoms with E-state index in [9.17, 15) is 14.4 Å². The van der Waals surface area contributed by atoms with Crippen molar-refractivity contribution in [2.24, 2.45) is 5.92 Å². The number of likely N-dealkylation sites (tertiary alicyclic amines) is 1. The lowest BCUT2D eigenvalue weighted by Gasteiger charge is -2.31. The van der Waals surface area contributed by atoms with Gasteiger partial charge in [-0.3, -0.25) is 18.8 Å². The number of nitrogens with zero attached hydrogens (tertiary/aromatic N) is 4. The molecule has 9 nitrogen and oxygen atoms in total. The number of anilines is 1. The summed E-state index contributed by atoms with van der Waals surface area (Å²) in [4.78, 5) is 43.8. The third kappa shape index (κ3) is 3.75.